The van der Waals surface area contributed by atoms with Gasteiger partial charge in [0, 0.05) is 23.1 Å². The van der Waals surface area contributed by atoms with Crippen LogP contribution in [0.1, 0.15) is 45.1 Å². The molecular formula is C24H27Cl2F2N7O2. The van der Waals surface area contributed by atoms with Crippen LogP contribution in [0.5, 0.6) is 0 Å². The molecule has 37 heavy (non-hydrogen) atoms. The molecule has 2 fully saturated rings. The number of carbonyl (C=O) groups excluding carboxylic acids is 1. The van der Waals surface area contributed by atoms with Gasteiger partial charge in [0.2, 0.25) is 17.8 Å². The van der Waals surface area contributed by atoms with Crippen molar-refractivity contribution in [2.24, 2.45) is 11.1 Å². The van der Waals surface area contributed by atoms with Crippen molar-refractivity contribution in [1.82, 2.24) is 19.5 Å². The van der Waals surface area contributed by atoms with Gasteiger partial charge in [-0.1, -0.05) is 30.1 Å². The lowest BCUT2D eigenvalue weighted by atomic mass is 9.73. The molecule has 1 saturated carbocycles. The Morgan fingerprint density at radius 2 is 2.00 bits per heavy atom. The smallest absolute Gasteiger partial charge is 0.225 e. The number of amides is 1. The number of ether oxygens (including phenoxy) is 1. The number of anilines is 3. The molecule has 4 N–H and O–H groups in total. The number of aromatic nitrogens is 4. The zero-order valence-electron chi connectivity index (χ0n) is 20.1. The van der Waals surface area contributed by atoms with E-state index in [9.17, 15) is 13.6 Å². The molecule has 198 valence electrons. The van der Waals surface area contributed by atoms with E-state index in [0.717, 1.165) is 6.07 Å². The second kappa shape index (κ2) is 10.2. The van der Waals surface area contributed by atoms with Crippen LogP contribution in [0.4, 0.5) is 26.4 Å². The second-order valence-corrected chi connectivity index (χ2v) is 10.7. The van der Waals surface area contributed by atoms with E-state index in [4.69, 9.17) is 33.7 Å². The SMILES string of the molecule is CC1(C(N)=O)CCC(n2c(Nc3c(F)cc(Cl)cc3Cl)nc3cnc(N[C@H]4CCOC[C@H]4F)nc32)CC1. The first-order valence-electron chi connectivity index (χ1n) is 12.1. The summed E-state index contributed by atoms with van der Waals surface area (Å²) in [5, 5.41) is 6.33. The summed E-state index contributed by atoms with van der Waals surface area (Å²) in [5.74, 6) is -0.404. The third kappa shape index (κ3) is 5.17. The fourth-order valence-electron chi connectivity index (χ4n) is 4.94. The number of rotatable bonds is 6. The molecule has 3 aromatic rings. The molecule has 2 aliphatic rings. The van der Waals surface area contributed by atoms with Gasteiger partial charge in [0.25, 0.3) is 0 Å². The van der Waals surface area contributed by atoms with Gasteiger partial charge in [0.15, 0.2) is 5.65 Å². The summed E-state index contributed by atoms with van der Waals surface area (Å²) in [5.41, 5.74) is 6.02. The number of hydrogen-bond acceptors (Lipinski definition) is 7. The number of nitrogens with zero attached hydrogens (tertiary/aromatic N) is 4. The van der Waals surface area contributed by atoms with Gasteiger partial charge in [-0.15, -0.1) is 0 Å². The fourth-order valence-corrected chi connectivity index (χ4v) is 5.46. The van der Waals surface area contributed by atoms with Crippen molar-refractivity contribution in [2.75, 3.05) is 23.8 Å². The summed E-state index contributed by atoms with van der Waals surface area (Å²) < 4.78 is 36.2. The summed E-state index contributed by atoms with van der Waals surface area (Å²) in [6, 6.07) is 2.00. The Kier molecular flexibility index (Phi) is 7.12. The molecule has 1 aliphatic carbocycles. The number of nitrogens with two attached hydrogens (primary N) is 1. The number of alkyl halides is 1. The standard InChI is InChI=1S/C24H27Cl2F2N7O2/c1-24(21(29)36)5-2-13(3-6-24)35-20-18(10-30-22(34-20)31-17-4-7-37-11-16(17)28)32-23(35)33-19-14(26)8-12(25)9-15(19)27/h8-10,13,16-17H,2-7,11H2,1H3,(H2,29,36)(H,32,33)(H,30,31,34)/t13?,16-,17+,24?/m1/s1. The number of fused-ring (bicyclic) bond motifs is 1. The lowest BCUT2D eigenvalue weighted by Crippen LogP contribution is -2.39. The third-order valence-corrected chi connectivity index (χ3v) is 7.81. The number of nitrogens with one attached hydrogen (secondary N) is 2. The van der Waals surface area contributed by atoms with Gasteiger partial charge in [0.05, 0.1) is 29.6 Å². The summed E-state index contributed by atoms with van der Waals surface area (Å²) in [4.78, 5) is 25.6. The predicted molar refractivity (Wildman–Crippen MR) is 138 cm³/mol. The first kappa shape index (κ1) is 25.9. The molecule has 0 radical (unpaired) electrons. The molecule has 1 amide bonds. The summed E-state index contributed by atoms with van der Waals surface area (Å²) in [7, 11) is 0. The molecule has 1 aromatic carbocycles. The van der Waals surface area contributed by atoms with Crippen molar-refractivity contribution < 1.29 is 18.3 Å². The lowest BCUT2D eigenvalue weighted by Gasteiger charge is -2.35. The molecule has 2 atom stereocenters. The van der Waals surface area contributed by atoms with E-state index in [2.05, 4.69) is 25.6 Å². The molecule has 5 rings (SSSR count). The van der Waals surface area contributed by atoms with Crippen LogP contribution in [0, 0.1) is 11.2 Å². The van der Waals surface area contributed by atoms with Gasteiger partial charge < -0.3 is 21.1 Å². The molecular weight excluding hydrogens is 527 g/mol. The van der Waals surface area contributed by atoms with Gasteiger partial charge in [-0.3, -0.25) is 9.36 Å². The first-order valence-corrected chi connectivity index (χ1v) is 12.8. The topological polar surface area (TPSA) is 120 Å². The molecule has 1 saturated heterocycles. The molecule has 13 heteroatoms. The van der Waals surface area contributed by atoms with Crippen LogP contribution in [0.25, 0.3) is 11.2 Å². The van der Waals surface area contributed by atoms with Crippen LogP contribution in [-0.2, 0) is 9.53 Å². The van der Waals surface area contributed by atoms with E-state index in [1.807, 2.05) is 11.5 Å². The maximum absolute atomic E-state index is 14.8. The summed E-state index contributed by atoms with van der Waals surface area (Å²) >= 11 is 12.2. The van der Waals surface area contributed by atoms with Crippen molar-refractivity contribution in [3.8, 4) is 0 Å². The zero-order chi connectivity index (χ0) is 26.3. The summed E-state index contributed by atoms with van der Waals surface area (Å²) in [6.45, 7) is 2.32. The van der Waals surface area contributed by atoms with Gasteiger partial charge in [-0.25, -0.2) is 18.7 Å². The Labute approximate surface area is 222 Å². The Balaban J connectivity index is 1.54. The molecule has 0 bridgehead atoms. The number of benzene rings is 1. The van der Waals surface area contributed by atoms with E-state index < -0.39 is 23.4 Å². The van der Waals surface area contributed by atoms with Crippen LogP contribution in [0.3, 0.4) is 0 Å². The largest absolute Gasteiger partial charge is 0.378 e. The van der Waals surface area contributed by atoms with Crippen molar-refractivity contribution in [1.29, 1.82) is 0 Å². The second-order valence-electron chi connectivity index (χ2n) is 9.86. The highest BCUT2D eigenvalue weighted by Gasteiger charge is 2.38. The Morgan fingerprint density at radius 1 is 1.24 bits per heavy atom. The highest BCUT2D eigenvalue weighted by molar-refractivity contribution is 6.36. The molecule has 9 nitrogen and oxygen atoms in total. The number of primary amides is 1. The average molecular weight is 554 g/mol. The minimum absolute atomic E-state index is 0.0139. The van der Waals surface area contributed by atoms with E-state index in [1.54, 1.807) is 0 Å². The lowest BCUT2D eigenvalue weighted by molar-refractivity contribution is -0.128. The van der Waals surface area contributed by atoms with Crippen LogP contribution in [0.2, 0.25) is 10.0 Å². The monoisotopic (exact) mass is 553 g/mol. The number of halogens is 4. The highest BCUT2D eigenvalue weighted by Crippen LogP contribution is 2.43. The van der Waals surface area contributed by atoms with Gasteiger partial charge in [-0.2, -0.15) is 4.98 Å². The average Bonchev–Trinajstić information content (AvgIpc) is 3.20. The predicted octanol–water partition coefficient (Wildman–Crippen LogP) is 5.16. The van der Waals surface area contributed by atoms with Crippen LogP contribution in [-0.4, -0.2) is 50.9 Å². The third-order valence-electron chi connectivity index (χ3n) is 7.30. The van der Waals surface area contributed by atoms with Gasteiger partial charge in [0.1, 0.15) is 17.5 Å². The van der Waals surface area contributed by atoms with Gasteiger partial charge in [-0.05, 0) is 44.2 Å². The van der Waals surface area contributed by atoms with Crippen LogP contribution < -0.4 is 16.4 Å². The van der Waals surface area contributed by atoms with E-state index in [1.165, 1.54) is 12.3 Å². The zero-order valence-corrected chi connectivity index (χ0v) is 21.6. The Hall–Kier alpha value is -2.76. The Morgan fingerprint density at radius 3 is 2.68 bits per heavy atom. The maximum Gasteiger partial charge on any atom is 0.225 e. The number of imidazole rings is 1. The van der Waals surface area contributed by atoms with E-state index in [0.29, 0.717) is 55.8 Å². The quantitative estimate of drug-likeness (QED) is 0.385. The maximum atomic E-state index is 14.8. The van der Waals surface area contributed by atoms with E-state index >= 15 is 0 Å². The first-order chi connectivity index (χ1) is 17.6. The minimum Gasteiger partial charge on any atom is -0.378 e. The number of carbonyl (C=O) groups is 1. The molecule has 0 unspecified atom stereocenters. The number of hydrogen-bond donors (Lipinski definition) is 3. The molecule has 2 aromatic heterocycles. The van der Waals surface area contributed by atoms with Crippen LogP contribution in [0.15, 0.2) is 18.3 Å². The van der Waals surface area contributed by atoms with E-state index in [-0.39, 0.29) is 40.2 Å². The molecule has 3 heterocycles. The fraction of sp³-hybridized carbons (Fsp3) is 0.500. The van der Waals surface area contributed by atoms with Crippen molar-refractivity contribution in [3.63, 3.8) is 0 Å². The van der Waals surface area contributed by atoms with Crippen molar-refractivity contribution >= 4 is 57.9 Å². The molecule has 0 spiro atoms. The Bertz CT molecular complexity index is 1310. The van der Waals surface area contributed by atoms with Gasteiger partial charge >= 0.3 is 0 Å². The minimum atomic E-state index is -1.19. The molecule has 1 aliphatic heterocycles. The van der Waals surface area contributed by atoms with Crippen molar-refractivity contribution in [3.05, 3.63) is 34.2 Å². The highest BCUT2D eigenvalue weighted by atomic mass is 35.5. The van der Waals surface area contributed by atoms with Crippen LogP contribution >= 0.6 is 23.2 Å². The normalized spacial score (nSPS) is 26.2. The van der Waals surface area contributed by atoms with Crippen molar-refractivity contribution in [2.45, 2.75) is 57.3 Å². The summed E-state index contributed by atoms with van der Waals surface area (Å²) in [6.07, 6.45) is 3.22.